The molecule has 0 heterocycles. The van der Waals surface area contributed by atoms with Crippen LogP contribution in [0.25, 0.3) is 0 Å². The third-order valence-corrected chi connectivity index (χ3v) is 5.35. The lowest BCUT2D eigenvalue weighted by Gasteiger charge is -2.33. The molecule has 8 nitrogen and oxygen atoms in total. The summed E-state index contributed by atoms with van der Waals surface area (Å²) in [6.07, 6.45) is -0.119. The Bertz CT molecular complexity index is 1020. The number of nitrogens with one attached hydrogen (secondary N) is 2. The number of nitrogens with zero attached hydrogens (tertiary/aromatic N) is 1. The third-order valence-electron chi connectivity index (χ3n) is 5.35. The van der Waals surface area contributed by atoms with Crippen LogP contribution in [0.4, 0.5) is 10.5 Å². The number of phenolic OH excluding ortho intramolecular Hbond substituents is 1. The second-order valence-corrected chi connectivity index (χ2v) is 9.65. The maximum Gasteiger partial charge on any atom is 0.408 e. The van der Waals surface area contributed by atoms with Crippen LogP contribution in [0.3, 0.4) is 0 Å². The normalized spacial score (nSPS) is 12.9. The molecule has 3 amide bonds. The topological polar surface area (TPSA) is 108 Å². The van der Waals surface area contributed by atoms with Crippen molar-refractivity contribution < 1.29 is 24.2 Å². The summed E-state index contributed by atoms with van der Waals surface area (Å²) in [5.74, 6) is -0.761. The predicted molar refractivity (Wildman–Crippen MR) is 136 cm³/mol. The molecular weight excluding hydrogens is 446 g/mol. The van der Waals surface area contributed by atoms with Crippen molar-refractivity contribution in [1.29, 1.82) is 0 Å². The number of amides is 3. The van der Waals surface area contributed by atoms with Crippen LogP contribution in [0.15, 0.2) is 42.5 Å². The minimum atomic E-state index is -0.982. The molecule has 8 heteroatoms. The molecule has 2 atom stereocenters. The molecule has 0 fully saturated rings. The Morgan fingerprint density at radius 2 is 1.60 bits per heavy atom. The Balaban J connectivity index is 2.42. The van der Waals surface area contributed by atoms with Gasteiger partial charge in [0, 0.05) is 12.2 Å². The summed E-state index contributed by atoms with van der Waals surface area (Å²) in [6, 6.07) is 10.00. The zero-order valence-electron chi connectivity index (χ0n) is 21.6. The number of anilines is 1. The van der Waals surface area contributed by atoms with Gasteiger partial charge in [-0.25, -0.2) is 4.79 Å². The van der Waals surface area contributed by atoms with E-state index in [0.717, 1.165) is 11.1 Å². The first kappa shape index (κ1) is 27.7. The van der Waals surface area contributed by atoms with E-state index in [9.17, 15) is 19.5 Å². The first-order valence-corrected chi connectivity index (χ1v) is 11.8. The first-order valence-electron chi connectivity index (χ1n) is 11.8. The van der Waals surface area contributed by atoms with Gasteiger partial charge in [0.05, 0.1) is 0 Å². The standard InChI is InChI=1S/C27H37N3O5/c1-8-16-30(25(33)19(4)28-26(34)35-27(5,6)7)23(20-12-14-21(31)15-13-20)24(32)29-22-17(2)10-9-11-18(22)3/h9-15,19,23,31H,8,16H2,1-7H3,(H,28,34)(H,29,32). The maximum absolute atomic E-state index is 13.7. The Hall–Kier alpha value is -3.55. The highest BCUT2D eigenvalue weighted by atomic mass is 16.6. The van der Waals surface area contributed by atoms with Crippen LogP contribution in [-0.4, -0.2) is 46.1 Å². The Morgan fingerprint density at radius 1 is 1.03 bits per heavy atom. The fourth-order valence-electron chi connectivity index (χ4n) is 3.73. The summed E-state index contributed by atoms with van der Waals surface area (Å²) >= 11 is 0. The molecule has 0 saturated carbocycles. The molecule has 2 rings (SSSR count). The van der Waals surface area contributed by atoms with E-state index in [-0.39, 0.29) is 18.2 Å². The van der Waals surface area contributed by atoms with E-state index in [4.69, 9.17) is 4.74 Å². The van der Waals surface area contributed by atoms with Gasteiger partial charge in [-0.05, 0) is 76.8 Å². The van der Waals surface area contributed by atoms with Gasteiger partial charge < -0.3 is 25.4 Å². The van der Waals surface area contributed by atoms with E-state index in [1.54, 1.807) is 39.8 Å². The summed E-state index contributed by atoms with van der Waals surface area (Å²) in [4.78, 5) is 40.9. The second kappa shape index (κ2) is 11.7. The van der Waals surface area contributed by atoms with Gasteiger partial charge >= 0.3 is 6.09 Å². The summed E-state index contributed by atoms with van der Waals surface area (Å²) in [5.41, 5.74) is 2.31. The minimum Gasteiger partial charge on any atom is -0.508 e. The van der Waals surface area contributed by atoms with Gasteiger partial charge in [-0.15, -0.1) is 0 Å². The summed E-state index contributed by atoms with van der Waals surface area (Å²) in [6.45, 7) is 12.8. The second-order valence-electron chi connectivity index (χ2n) is 9.65. The number of alkyl carbamates (subject to hydrolysis) is 1. The van der Waals surface area contributed by atoms with Gasteiger partial charge in [0.1, 0.15) is 23.4 Å². The Morgan fingerprint density at radius 3 is 2.11 bits per heavy atom. The monoisotopic (exact) mass is 483 g/mol. The first-order chi connectivity index (χ1) is 16.3. The van der Waals surface area contributed by atoms with Crippen LogP contribution < -0.4 is 10.6 Å². The SMILES string of the molecule is CCCN(C(=O)C(C)NC(=O)OC(C)(C)C)C(C(=O)Nc1c(C)cccc1C)c1ccc(O)cc1. The molecule has 2 aromatic rings. The molecule has 35 heavy (non-hydrogen) atoms. The highest BCUT2D eigenvalue weighted by molar-refractivity contribution is 5.99. The number of phenols is 1. The van der Waals surface area contributed by atoms with Crippen LogP contribution in [0.5, 0.6) is 5.75 Å². The number of benzene rings is 2. The molecule has 0 aliphatic heterocycles. The van der Waals surface area contributed by atoms with E-state index in [1.165, 1.54) is 17.0 Å². The lowest BCUT2D eigenvalue weighted by molar-refractivity contribution is -0.140. The number of hydrogen-bond acceptors (Lipinski definition) is 5. The van der Waals surface area contributed by atoms with Gasteiger partial charge in [-0.3, -0.25) is 9.59 Å². The van der Waals surface area contributed by atoms with Crippen LogP contribution in [0.1, 0.15) is 63.8 Å². The number of ether oxygens (including phenoxy) is 1. The highest BCUT2D eigenvalue weighted by Gasteiger charge is 2.34. The largest absolute Gasteiger partial charge is 0.508 e. The predicted octanol–water partition coefficient (Wildman–Crippen LogP) is 4.84. The number of aryl methyl sites for hydroxylation is 2. The average Bonchev–Trinajstić information content (AvgIpc) is 2.75. The highest BCUT2D eigenvalue weighted by Crippen LogP contribution is 2.28. The Labute approximate surface area is 207 Å². The molecule has 0 radical (unpaired) electrons. The van der Waals surface area contributed by atoms with Gasteiger partial charge in [0.25, 0.3) is 5.91 Å². The molecule has 0 aliphatic carbocycles. The van der Waals surface area contributed by atoms with Crippen LogP contribution in [-0.2, 0) is 14.3 Å². The zero-order chi connectivity index (χ0) is 26.3. The molecule has 0 aliphatic rings. The number of para-hydroxylation sites is 1. The van der Waals surface area contributed by atoms with Crippen molar-refractivity contribution in [3.8, 4) is 5.75 Å². The third kappa shape index (κ3) is 7.73. The molecule has 2 unspecified atom stereocenters. The lowest BCUT2D eigenvalue weighted by atomic mass is 10.0. The van der Waals surface area contributed by atoms with E-state index in [0.29, 0.717) is 17.7 Å². The van der Waals surface area contributed by atoms with E-state index in [2.05, 4.69) is 10.6 Å². The maximum atomic E-state index is 13.7. The van der Waals surface area contributed by atoms with E-state index >= 15 is 0 Å². The van der Waals surface area contributed by atoms with E-state index in [1.807, 2.05) is 39.0 Å². The lowest BCUT2D eigenvalue weighted by Crippen LogP contribution is -2.51. The Kier molecular flexibility index (Phi) is 9.28. The van der Waals surface area contributed by atoms with Crippen molar-refractivity contribution in [1.82, 2.24) is 10.2 Å². The van der Waals surface area contributed by atoms with Crippen molar-refractivity contribution >= 4 is 23.6 Å². The quantitative estimate of drug-likeness (QED) is 0.498. The molecule has 190 valence electrons. The molecule has 2 aromatic carbocycles. The molecule has 3 N–H and O–H groups in total. The number of carbonyl (C=O) groups excluding carboxylic acids is 3. The van der Waals surface area contributed by atoms with Crippen molar-refractivity contribution in [2.24, 2.45) is 0 Å². The molecule has 0 saturated heterocycles. The summed E-state index contributed by atoms with van der Waals surface area (Å²) in [5, 5.41) is 15.3. The summed E-state index contributed by atoms with van der Waals surface area (Å²) in [7, 11) is 0. The number of rotatable bonds is 8. The molecule has 0 bridgehead atoms. The fraction of sp³-hybridized carbons (Fsp3) is 0.444. The van der Waals surface area contributed by atoms with Gasteiger partial charge in [-0.1, -0.05) is 37.3 Å². The molecular formula is C27H37N3O5. The molecule has 0 aromatic heterocycles. The van der Waals surface area contributed by atoms with Gasteiger partial charge in [0.2, 0.25) is 5.91 Å². The van der Waals surface area contributed by atoms with Crippen LogP contribution >= 0.6 is 0 Å². The molecule has 0 spiro atoms. The summed E-state index contributed by atoms with van der Waals surface area (Å²) < 4.78 is 5.28. The minimum absolute atomic E-state index is 0.0518. The van der Waals surface area contributed by atoms with Crippen molar-refractivity contribution in [3.05, 3.63) is 59.2 Å². The van der Waals surface area contributed by atoms with Gasteiger partial charge in [0.15, 0.2) is 0 Å². The smallest absolute Gasteiger partial charge is 0.408 e. The van der Waals surface area contributed by atoms with Crippen molar-refractivity contribution in [2.45, 2.75) is 72.6 Å². The van der Waals surface area contributed by atoms with E-state index < -0.39 is 29.7 Å². The van der Waals surface area contributed by atoms with Crippen molar-refractivity contribution in [2.75, 3.05) is 11.9 Å². The van der Waals surface area contributed by atoms with Gasteiger partial charge in [-0.2, -0.15) is 0 Å². The number of carbonyl (C=O) groups is 3. The average molecular weight is 484 g/mol. The number of hydrogen-bond donors (Lipinski definition) is 3. The van der Waals surface area contributed by atoms with Crippen molar-refractivity contribution in [3.63, 3.8) is 0 Å². The zero-order valence-corrected chi connectivity index (χ0v) is 21.6. The van der Waals surface area contributed by atoms with Crippen LogP contribution in [0.2, 0.25) is 0 Å². The number of aromatic hydroxyl groups is 1. The van der Waals surface area contributed by atoms with Crippen LogP contribution in [0, 0.1) is 13.8 Å². The fourth-order valence-corrected chi connectivity index (χ4v) is 3.73.